The molecule has 32 heavy (non-hydrogen) atoms. The van der Waals surface area contributed by atoms with Crippen molar-refractivity contribution >= 4 is 11.6 Å². The van der Waals surface area contributed by atoms with Crippen molar-refractivity contribution in [3.05, 3.63) is 94.3 Å². The Labute approximate surface area is 197 Å². The van der Waals surface area contributed by atoms with Crippen molar-refractivity contribution in [3.8, 4) is 11.1 Å². The predicted molar refractivity (Wildman–Crippen MR) is 135 cm³/mol. The van der Waals surface area contributed by atoms with Crippen molar-refractivity contribution in [2.24, 2.45) is 11.8 Å². The third-order valence-corrected chi connectivity index (χ3v) is 7.59. The number of aryl methyl sites for hydroxylation is 3. The van der Waals surface area contributed by atoms with E-state index >= 15 is 0 Å². The van der Waals surface area contributed by atoms with Crippen molar-refractivity contribution in [3.63, 3.8) is 0 Å². The highest BCUT2D eigenvalue weighted by molar-refractivity contribution is 6.30. The Kier molecular flexibility index (Phi) is 8.03. The maximum absolute atomic E-state index is 13.7. The zero-order valence-electron chi connectivity index (χ0n) is 19.1. The monoisotopic (exact) mass is 448 g/mol. The van der Waals surface area contributed by atoms with Gasteiger partial charge in [0.25, 0.3) is 0 Å². The maximum Gasteiger partial charge on any atom is 0.142 e. The van der Waals surface area contributed by atoms with Crippen LogP contribution in [0.5, 0.6) is 0 Å². The van der Waals surface area contributed by atoms with Crippen LogP contribution in [0.3, 0.4) is 0 Å². The summed E-state index contributed by atoms with van der Waals surface area (Å²) in [5.41, 5.74) is 6.21. The lowest BCUT2D eigenvalue weighted by molar-refractivity contribution is 0.253. The molecule has 2 heteroatoms. The van der Waals surface area contributed by atoms with Crippen molar-refractivity contribution < 1.29 is 4.39 Å². The van der Waals surface area contributed by atoms with E-state index in [1.807, 2.05) is 6.07 Å². The molecule has 168 valence electrons. The van der Waals surface area contributed by atoms with E-state index in [4.69, 9.17) is 11.6 Å². The van der Waals surface area contributed by atoms with Gasteiger partial charge in [-0.25, -0.2) is 4.39 Å². The number of halogens is 2. The first-order chi connectivity index (χ1) is 15.6. The van der Waals surface area contributed by atoms with Gasteiger partial charge in [0.05, 0.1) is 5.02 Å². The Hall–Kier alpha value is -2.12. The SMILES string of the molecule is CCc1ccc(CCC2CCC(CCc3ccc(-c4ccc(Cl)c(F)c4)cc3)CC2)cc1. The second-order valence-electron chi connectivity index (χ2n) is 9.46. The fourth-order valence-electron chi connectivity index (χ4n) is 5.03. The Morgan fingerprint density at radius 3 is 1.66 bits per heavy atom. The first kappa shape index (κ1) is 23.1. The first-order valence-electron chi connectivity index (χ1n) is 12.2. The summed E-state index contributed by atoms with van der Waals surface area (Å²) in [5, 5.41) is 0.172. The number of hydrogen-bond donors (Lipinski definition) is 0. The average molecular weight is 449 g/mol. The summed E-state index contributed by atoms with van der Waals surface area (Å²) in [5.74, 6) is 1.40. The lowest BCUT2D eigenvalue weighted by Gasteiger charge is -2.28. The number of benzene rings is 3. The molecule has 0 aliphatic heterocycles. The van der Waals surface area contributed by atoms with Gasteiger partial charge in [-0.2, -0.15) is 0 Å². The first-order valence-corrected chi connectivity index (χ1v) is 12.6. The molecule has 0 N–H and O–H groups in total. The second kappa shape index (κ2) is 11.1. The molecule has 3 aromatic carbocycles. The van der Waals surface area contributed by atoms with Crippen LogP contribution in [0.1, 0.15) is 62.1 Å². The molecule has 0 amide bonds. The van der Waals surface area contributed by atoms with Gasteiger partial charge in [-0.15, -0.1) is 0 Å². The topological polar surface area (TPSA) is 0 Å². The van der Waals surface area contributed by atoms with Crippen LogP contribution in [0, 0.1) is 17.7 Å². The molecule has 0 spiro atoms. The summed E-state index contributed by atoms with van der Waals surface area (Å²) in [6.07, 6.45) is 11.6. The molecule has 3 aromatic rings. The van der Waals surface area contributed by atoms with Crippen molar-refractivity contribution in [1.29, 1.82) is 0 Å². The number of rotatable bonds is 8. The van der Waals surface area contributed by atoms with Gasteiger partial charge in [0.15, 0.2) is 0 Å². The van der Waals surface area contributed by atoms with E-state index in [1.54, 1.807) is 6.07 Å². The van der Waals surface area contributed by atoms with Gasteiger partial charge in [-0.1, -0.05) is 98.8 Å². The van der Waals surface area contributed by atoms with Gasteiger partial charge in [0.1, 0.15) is 5.82 Å². The molecule has 1 fully saturated rings. The Morgan fingerprint density at radius 2 is 1.16 bits per heavy atom. The molecule has 0 heterocycles. The van der Waals surface area contributed by atoms with Gasteiger partial charge in [-0.3, -0.25) is 0 Å². The lowest BCUT2D eigenvalue weighted by Crippen LogP contribution is -2.15. The van der Waals surface area contributed by atoms with Crippen molar-refractivity contribution in [2.75, 3.05) is 0 Å². The zero-order valence-corrected chi connectivity index (χ0v) is 19.9. The van der Waals surface area contributed by atoms with Crippen molar-refractivity contribution in [2.45, 2.75) is 64.7 Å². The minimum Gasteiger partial charge on any atom is -0.205 e. The fraction of sp³-hybridized carbons (Fsp3) is 0.400. The molecule has 0 radical (unpaired) electrons. The van der Waals surface area contributed by atoms with E-state index in [9.17, 15) is 4.39 Å². The molecule has 1 saturated carbocycles. The van der Waals surface area contributed by atoms with Crippen molar-refractivity contribution in [1.82, 2.24) is 0 Å². The quantitative estimate of drug-likeness (QED) is 0.322. The molecular weight excluding hydrogens is 415 g/mol. The minimum absolute atomic E-state index is 0.172. The largest absolute Gasteiger partial charge is 0.205 e. The zero-order chi connectivity index (χ0) is 22.3. The Balaban J connectivity index is 1.19. The summed E-state index contributed by atoms with van der Waals surface area (Å²) in [6, 6.07) is 22.8. The van der Waals surface area contributed by atoms with Crippen LogP contribution in [-0.4, -0.2) is 0 Å². The predicted octanol–water partition coefficient (Wildman–Crippen LogP) is 9.08. The van der Waals surface area contributed by atoms with Gasteiger partial charge >= 0.3 is 0 Å². The van der Waals surface area contributed by atoms with Crippen LogP contribution >= 0.6 is 11.6 Å². The van der Waals surface area contributed by atoms with E-state index in [0.717, 1.165) is 35.8 Å². The highest BCUT2D eigenvalue weighted by Gasteiger charge is 2.21. The molecule has 1 aliphatic rings. The normalized spacial score (nSPS) is 18.6. The lowest BCUT2D eigenvalue weighted by atomic mass is 9.77. The molecule has 0 atom stereocenters. The third kappa shape index (κ3) is 6.23. The standard InChI is InChI=1S/C30H34ClF/c1-2-22-3-5-23(6-4-22)7-8-24-9-11-25(12-10-24)13-14-26-15-17-27(18-16-26)28-19-20-29(31)30(32)21-28/h3-6,15-21,24-25H,2,7-14H2,1H3. The van der Waals surface area contributed by atoms with E-state index < -0.39 is 0 Å². The minimum atomic E-state index is -0.363. The summed E-state index contributed by atoms with van der Waals surface area (Å²) >= 11 is 5.80. The molecule has 1 aliphatic carbocycles. The van der Waals surface area contributed by atoms with E-state index in [2.05, 4.69) is 55.5 Å². The van der Waals surface area contributed by atoms with Gasteiger partial charge in [0.2, 0.25) is 0 Å². The van der Waals surface area contributed by atoms with Crippen LogP contribution in [0.15, 0.2) is 66.7 Å². The molecule has 0 nitrogen and oxygen atoms in total. The van der Waals surface area contributed by atoms with Gasteiger partial charge < -0.3 is 0 Å². The molecule has 0 bridgehead atoms. The van der Waals surface area contributed by atoms with E-state index in [1.165, 1.54) is 67.7 Å². The average Bonchev–Trinajstić information content (AvgIpc) is 2.84. The van der Waals surface area contributed by atoms with Gasteiger partial charge in [-0.05, 0) is 83.9 Å². The smallest absolute Gasteiger partial charge is 0.142 e. The summed E-state index contributed by atoms with van der Waals surface area (Å²) in [6.45, 7) is 2.21. The number of hydrogen-bond acceptors (Lipinski definition) is 0. The molecule has 0 saturated heterocycles. The highest BCUT2D eigenvalue weighted by atomic mass is 35.5. The second-order valence-corrected chi connectivity index (χ2v) is 9.87. The summed E-state index contributed by atoms with van der Waals surface area (Å²) < 4.78 is 13.7. The van der Waals surface area contributed by atoms with E-state index in [0.29, 0.717) is 0 Å². The molecular formula is C30H34ClF. The third-order valence-electron chi connectivity index (χ3n) is 7.29. The summed E-state index contributed by atoms with van der Waals surface area (Å²) in [4.78, 5) is 0. The van der Waals surface area contributed by atoms with Crippen LogP contribution in [0.4, 0.5) is 4.39 Å². The molecule has 0 aromatic heterocycles. The molecule has 0 unspecified atom stereocenters. The van der Waals surface area contributed by atoms with Crippen LogP contribution in [0.25, 0.3) is 11.1 Å². The Morgan fingerprint density at radius 1 is 0.688 bits per heavy atom. The van der Waals surface area contributed by atoms with Gasteiger partial charge in [0, 0.05) is 0 Å². The highest BCUT2D eigenvalue weighted by Crippen LogP contribution is 2.34. The van der Waals surface area contributed by atoms with Crippen LogP contribution in [0.2, 0.25) is 5.02 Å². The van der Waals surface area contributed by atoms with Crippen LogP contribution < -0.4 is 0 Å². The van der Waals surface area contributed by atoms with E-state index in [-0.39, 0.29) is 10.8 Å². The summed E-state index contributed by atoms with van der Waals surface area (Å²) in [7, 11) is 0. The fourth-order valence-corrected chi connectivity index (χ4v) is 5.15. The van der Waals surface area contributed by atoms with Crippen LogP contribution in [-0.2, 0) is 19.3 Å². The Bertz CT molecular complexity index is 982. The maximum atomic E-state index is 13.7. The molecule has 4 rings (SSSR count).